The minimum absolute atomic E-state index is 0.0757. The van der Waals surface area contributed by atoms with Gasteiger partial charge in [-0.2, -0.15) is 0 Å². The lowest BCUT2D eigenvalue weighted by atomic mass is 10.3. The van der Waals surface area contributed by atoms with Crippen molar-refractivity contribution < 1.29 is 17.9 Å². The van der Waals surface area contributed by atoms with Crippen LogP contribution in [0, 0.1) is 0 Å². The number of nitrogens with one attached hydrogen (secondary N) is 1. The first kappa shape index (κ1) is 11.1. The minimum Gasteiger partial charge on any atom is -0.467 e. The van der Waals surface area contributed by atoms with Gasteiger partial charge in [-0.1, -0.05) is 0 Å². The molecule has 0 amide bonds. The zero-order valence-electron chi connectivity index (χ0n) is 7.93. The van der Waals surface area contributed by atoms with Gasteiger partial charge in [0.2, 0.25) is 0 Å². The van der Waals surface area contributed by atoms with Gasteiger partial charge in [0.1, 0.15) is 19.0 Å². The Morgan fingerprint density at radius 2 is 2.36 bits per heavy atom. The molecule has 0 fully saturated rings. The summed E-state index contributed by atoms with van der Waals surface area (Å²) < 4.78 is 35.4. The monoisotopic (exact) mass is 205 g/mol. The number of hydrogen-bond acceptors (Lipinski definition) is 3. The van der Waals surface area contributed by atoms with Crippen molar-refractivity contribution in [1.82, 2.24) is 5.32 Å². The fourth-order valence-electron chi connectivity index (χ4n) is 1.01. The SMILES string of the molecule is CNCC(F)(F)COCc1ccco1. The molecule has 0 aromatic carbocycles. The molecule has 1 heterocycles. The Labute approximate surface area is 81.0 Å². The Morgan fingerprint density at radius 3 is 2.93 bits per heavy atom. The largest absolute Gasteiger partial charge is 0.467 e. The van der Waals surface area contributed by atoms with Crippen LogP contribution in [0.15, 0.2) is 22.8 Å². The highest BCUT2D eigenvalue weighted by Gasteiger charge is 2.28. The number of furan rings is 1. The zero-order valence-corrected chi connectivity index (χ0v) is 7.93. The predicted molar refractivity (Wildman–Crippen MR) is 47.2 cm³/mol. The van der Waals surface area contributed by atoms with Crippen LogP contribution in [0.1, 0.15) is 5.76 Å². The van der Waals surface area contributed by atoms with Crippen LogP contribution in [-0.2, 0) is 11.3 Å². The predicted octanol–water partition coefficient (Wildman–Crippen LogP) is 1.65. The second-order valence-corrected chi connectivity index (χ2v) is 2.96. The van der Waals surface area contributed by atoms with Crippen molar-refractivity contribution in [1.29, 1.82) is 0 Å². The molecule has 0 saturated heterocycles. The van der Waals surface area contributed by atoms with Gasteiger partial charge in [0.15, 0.2) is 0 Å². The fraction of sp³-hybridized carbons (Fsp3) is 0.556. The van der Waals surface area contributed by atoms with E-state index in [1.807, 2.05) is 0 Å². The van der Waals surface area contributed by atoms with E-state index in [2.05, 4.69) is 5.32 Å². The molecule has 0 aliphatic carbocycles. The van der Waals surface area contributed by atoms with Crippen molar-refractivity contribution in [2.24, 2.45) is 0 Å². The third-order valence-electron chi connectivity index (χ3n) is 1.57. The second-order valence-electron chi connectivity index (χ2n) is 2.96. The molecule has 0 aliphatic rings. The summed E-state index contributed by atoms with van der Waals surface area (Å²) in [6.07, 6.45) is 1.48. The molecule has 1 rings (SSSR count). The molecule has 0 aliphatic heterocycles. The van der Waals surface area contributed by atoms with Crippen LogP contribution < -0.4 is 5.32 Å². The van der Waals surface area contributed by atoms with Crippen molar-refractivity contribution in [3.05, 3.63) is 24.2 Å². The van der Waals surface area contributed by atoms with E-state index < -0.39 is 12.5 Å². The third-order valence-corrected chi connectivity index (χ3v) is 1.57. The summed E-state index contributed by atoms with van der Waals surface area (Å²) in [5.74, 6) is -2.29. The van der Waals surface area contributed by atoms with Gasteiger partial charge < -0.3 is 14.5 Å². The summed E-state index contributed by atoms with van der Waals surface area (Å²) in [4.78, 5) is 0. The number of halogens is 2. The topological polar surface area (TPSA) is 34.4 Å². The summed E-state index contributed by atoms with van der Waals surface area (Å²) in [6.45, 7) is -0.911. The van der Waals surface area contributed by atoms with E-state index in [1.165, 1.54) is 13.3 Å². The number of hydrogen-bond donors (Lipinski definition) is 1. The Hall–Kier alpha value is -0.940. The lowest BCUT2D eigenvalue weighted by molar-refractivity contribution is -0.0806. The maximum atomic E-state index is 12.8. The molecule has 0 radical (unpaired) electrons. The van der Waals surface area contributed by atoms with E-state index in [0.717, 1.165) is 0 Å². The van der Waals surface area contributed by atoms with E-state index in [1.54, 1.807) is 12.1 Å². The van der Waals surface area contributed by atoms with E-state index >= 15 is 0 Å². The van der Waals surface area contributed by atoms with Crippen LogP contribution in [0.4, 0.5) is 8.78 Å². The number of rotatable bonds is 6. The Bertz CT molecular complexity index is 249. The van der Waals surface area contributed by atoms with Crippen LogP contribution in [-0.4, -0.2) is 26.1 Å². The van der Waals surface area contributed by atoms with Crippen molar-refractivity contribution in [3.8, 4) is 0 Å². The molecule has 3 nitrogen and oxygen atoms in total. The van der Waals surface area contributed by atoms with Gasteiger partial charge in [-0.15, -0.1) is 0 Å². The molecule has 1 aromatic heterocycles. The Kier molecular flexibility index (Phi) is 4.03. The molecular weight excluding hydrogens is 192 g/mol. The molecule has 5 heteroatoms. The molecule has 0 saturated carbocycles. The van der Waals surface area contributed by atoms with Crippen molar-refractivity contribution in [2.45, 2.75) is 12.5 Å². The maximum absolute atomic E-state index is 12.8. The molecule has 0 atom stereocenters. The van der Waals surface area contributed by atoms with E-state index in [-0.39, 0.29) is 13.2 Å². The molecule has 0 unspecified atom stereocenters. The quantitative estimate of drug-likeness (QED) is 0.766. The summed E-state index contributed by atoms with van der Waals surface area (Å²) in [6, 6.07) is 3.36. The third kappa shape index (κ3) is 3.85. The maximum Gasteiger partial charge on any atom is 0.283 e. The first-order chi connectivity index (χ1) is 6.64. The van der Waals surface area contributed by atoms with Gasteiger partial charge in [-0.05, 0) is 19.2 Å². The highest BCUT2D eigenvalue weighted by atomic mass is 19.3. The molecule has 1 N–H and O–H groups in total. The van der Waals surface area contributed by atoms with Crippen LogP contribution in [0.25, 0.3) is 0 Å². The zero-order chi connectivity index (χ0) is 10.4. The van der Waals surface area contributed by atoms with Crippen LogP contribution in [0.3, 0.4) is 0 Å². The Morgan fingerprint density at radius 1 is 1.57 bits per heavy atom. The molecule has 0 bridgehead atoms. The van der Waals surface area contributed by atoms with Crippen LogP contribution >= 0.6 is 0 Å². The van der Waals surface area contributed by atoms with Gasteiger partial charge in [0, 0.05) is 0 Å². The average Bonchev–Trinajstić information content (AvgIpc) is 2.56. The van der Waals surface area contributed by atoms with E-state index in [0.29, 0.717) is 5.76 Å². The van der Waals surface area contributed by atoms with Gasteiger partial charge in [-0.25, -0.2) is 8.78 Å². The molecule has 80 valence electrons. The van der Waals surface area contributed by atoms with Crippen molar-refractivity contribution in [2.75, 3.05) is 20.2 Å². The normalized spacial score (nSPS) is 11.9. The summed E-state index contributed by atoms with van der Waals surface area (Å²) >= 11 is 0. The van der Waals surface area contributed by atoms with Gasteiger partial charge in [0.05, 0.1) is 12.8 Å². The van der Waals surface area contributed by atoms with Crippen LogP contribution in [0.2, 0.25) is 0 Å². The highest BCUT2D eigenvalue weighted by molar-refractivity contribution is 4.96. The minimum atomic E-state index is -2.83. The van der Waals surface area contributed by atoms with Crippen molar-refractivity contribution in [3.63, 3.8) is 0 Å². The van der Waals surface area contributed by atoms with Crippen LogP contribution in [0.5, 0.6) is 0 Å². The summed E-state index contributed by atoms with van der Waals surface area (Å²) in [5, 5.41) is 2.40. The lowest BCUT2D eigenvalue weighted by Gasteiger charge is -2.15. The standard InChI is InChI=1S/C9H13F2NO2/c1-12-6-9(10,11)7-13-5-8-3-2-4-14-8/h2-4,12H,5-7H2,1H3. The smallest absolute Gasteiger partial charge is 0.283 e. The number of ether oxygens (including phenoxy) is 1. The van der Waals surface area contributed by atoms with Gasteiger partial charge in [-0.3, -0.25) is 0 Å². The molecule has 0 spiro atoms. The average molecular weight is 205 g/mol. The fourth-order valence-corrected chi connectivity index (χ4v) is 1.01. The number of alkyl halides is 2. The highest BCUT2D eigenvalue weighted by Crippen LogP contribution is 2.13. The van der Waals surface area contributed by atoms with Crippen molar-refractivity contribution >= 4 is 0 Å². The first-order valence-electron chi connectivity index (χ1n) is 4.26. The van der Waals surface area contributed by atoms with Gasteiger partial charge in [0.25, 0.3) is 5.92 Å². The molecular formula is C9H13F2NO2. The first-order valence-corrected chi connectivity index (χ1v) is 4.26. The van der Waals surface area contributed by atoms with Gasteiger partial charge >= 0.3 is 0 Å². The molecule has 14 heavy (non-hydrogen) atoms. The Balaban J connectivity index is 2.20. The molecule has 1 aromatic rings. The van der Waals surface area contributed by atoms with E-state index in [9.17, 15) is 8.78 Å². The van der Waals surface area contributed by atoms with E-state index in [4.69, 9.17) is 9.15 Å². The summed E-state index contributed by atoms with van der Waals surface area (Å²) in [7, 11) is 1.47. The second kappa shape index (κ2) is 5.07. The summed E-state index contributed by atoms with van der Waals surface area (Å²) in [5.41, 5.74) is 0. The lowest BCUT2D eigenvalue weighted by Crippen LogP contribution is -2.34.